The largest absolute Gasteiger partial charge is 0.325 e. The number of anilines is 1. The van der Waals surface area contributed by atoms with Crippen LogP contribution in [-0.4, -0.2) is 5.91 Å². The van der Waals surface area contributed by atoms with Gasteiger partial charge < -0.3 is 5.32 Å². The van der Waals surface area contributed by atoms with Gasteiger partial charge in [0.2, 0.25) is 5.91 Å². The van der Waals surface area contributed by atoms with E-state index in [0.717, 1.165) is 15.7 Å². The minimum atomic E-state index is 0.0208. The van der Waals surface area contributed by atoms with Crippen molar-refractivity contribution in [2.24, 2.45) is 11.8 Å². The van der Waals surface area contributed by atoms with E-state index in [1.165, 1.54) is 0 Å². The molecular weight excluding hydrogens is 266 g/mol. The molecule has 0 fully saturated rings. The van der Waals surface area contributed by atoms with Crippen molar-refractivity contribution in [2.75, 3.05) is 5.32 Å². The van der Waals surface area contributed by atoms with Gasteiger partial charge in [0.25, 0.3) is 0 Å². The normalized spacial score (nSPS) is 12.6. The summed E-state index contributed by atoms with van der Waals surface area (Å²) < 4.78 is 0.958. The number of rotatable bonds is 3. The Morgan fingerprint density at radius 2 is 1.94 bits per heavy atom. The molecule has 0 aliphatic carbocycles. The lowest BCUT2D eigenvalue weighted by atomic mass is 9.97. The van der Waals surface area contributed by atoms with E-state index in [-0.39, 0.29) is 11.8 Å². The Balaban J connectivity index is 2.81. The van der Waals surface area contributed by atoms with Crippen molar-refractivity contribution in [3.63, 3.8) is 0 Å². The van der Waals surface area contributed by atoms with Gasteiger partial charge in [-0.25, -0.2) is 0 Å². The van der Waals surface area contributed by atoms with Crippen LogP contribution < -0.4 is 5.32 Å². The zero-order chi connectivity index (χ0) is 12.3. The van der Waals surface area contributed by atoms with Crippen molar-refractivity contribution >= 4 is 27.5 Å². The molecule has 0 saturated carbocycles. The smallest absolute Gasteiger partial charge is 0.227 e. The van der Waals surface area contributed by atoms with E-state index in [1.807, 2.05) is 32.0 Å². The highest BCUT2D eigenvalue weighted by molar-refractivity contribution is 9.10. The first kappa shape index (κ1) is 13.2. The van der Waals surface area contributed by atoms with E-state index in [2.05, 4.69) is 35.1 Å². The molecule has 1 amide bonds. The van der Waals surface area contributed by atoms with E-state index < -0.39 is 0 Å². The molecule has 1 atom stereocenters. The SMILES string of the molecule is Cc1cccc(NC(=O)C(C)C(C)C)c1Br. The zero-order valence-corrected chi connectivity index (χ0v) is 11.8. The molecule has 16 heavy (non-hydrogen) atoms. The number of nitrogens with one attached hydrogen (secondary N) is 1. The average Bonchev–Trinajstić information content (AvgIpc) is 2.23. The molecule has 3 heteroatoms. The van der Waals surface area contributed by atoms with E-state index in [9.17, 15) is 4.79 Å². The Hall–Kier alpha value is -0.830. The molecule has 1 aromatic rings. The van der Waals surface area contributed by atoms with Crippen LogP contribution in [0.1, 0.15) is 26.3 Å². The van der Waals surface area contributed by atoms with Gasteiger partial charge in [-0.1, -0.05) is 32.9 Å². The molecule has 1 N–H and O–H groups in total. The molecule has 1 rings (SSSR count). The number of aryl methyl sites for hydroxylation is 1. The van der Waals surface area contributed by atoms with Crippen LogP contribution in [0.5, 0.6) is 0 Å². The number of halogens is 1. The first-order valence-electron chi connectivity index (χ1n) is 5.49. The van der Waals surface area contributed by atoms with Gasteiger partial charge in [0.05, 0.1) is 5.69 Å². The maximum atomic E-state index is 11.9. The van der Waals surface area contributed by atoms with Crippen LogP contribution in [0.3, 0.4) is 0 Å². The fraction of sp³-hybridized carbons (Fsp3) is 0.462. The molecule has 0 bridgehead atoms. The maximum absolute atomic E-state index is 11.9. The van der Waals surface area contributed by atoms with Gasteiger partial charge in [0.1, 0.15) is 0 Å². The summed E-state index contributed by atoms with van der Waals surface area (Å²) in [5, 5.41) is 2.95. The monoisotopic (exact) mass is 283 g/mol. The highest BCUT2D eigenvalue weighted by Crippen LogP contribution is 2.26. The molecule has 0 radical (unpaired) electrons. The van der Waals surface area contributed by atoms with Crippen LogP contribution in [0, 0.1) is 18.8 Å². The highest BCUT2D eigenvalue weighted by atomic mass is 79.9. The predicted molar refractivity (Wildman–Crippen MR) is 71.5 cm³/mol. The van der Waals surface area contributed by atoms with Crippen LogP contribution in [0.2, 0.25) is 0 Å². The summed E-state index contributed by atoms with van der Waals surface area (Å²) in [5.41, 5.74) is 1.97. The summed E-state index contributed by atoms with van der Waals surface area (Å²) in [6.07, 6.45) is 0. The fourth-order valence-electron chi connectivity index (χ4n) is 1.29. The second-order valence-corrected chi connectivity index (χ2v) is 5.25. The number of amides is 1. The summed E-state index contributed by atoms with van der Waals surface area (Å²) in [7, 11) is 0. The molecule has 0 heterocycles. The minimum absolute atomic E-state index is 0.0208. The number of hydrogen-bond donors (Lipinski definition) is 1. The van der Waals surface area contributed by atoms with E-state index >= 15 is 0 Å². The zero-order valence-electron chi connectivity index (χ0n) is 10.2. The summed E-state index contributed by atoms with van der Waals surface area (Å²) >= 11 is 3.48. The van der Waals surface area contributed by atoms with Crippen LogP contribution in [0.4, 0.5) is 5.69 Å². The standard InChI is InChI=1S/C13H18BrNO/c1-8(2)10(4)13(16)15-11-7-5-6-9(3)12(11)14/h5-8,10H,1-4H3,(H,15,16). The van der Waals surface area contributed by atoms with Crippen molar-refractivity contribution in [3.8, 4) is 0 Å². The summed E-state index contributed by atoms with van der Waals surface area (Å²) in [6, 6.07) is 5.85. The number of benzene rings is 1. The highest BCUT2D eigenvalue weighted by Gasteiger charge is 2.17. The van der Waals surface area contributed by atoms with Gasteiger partial charge in [0.15, 0.2) is 0 Å². The Morgan fingerprint density at radius 3 is 2.50 bits per heavy atom. The quantitative estimate of drug-likeness (QED) is 0.893. The second kappa shape index (κ2) is 5.48. The summed E-state index contributed by atoms with van der Waals surface area (Å²) in [5.74, 6) is 0.442. The Morgan fingerprint density at radius 1 is 1.31 bits per heavy atom. The lowest BCUT2D eigenvalue weighted by molar-refractivity contribution is -0.120. The minimum Gasteiger partial charge on any atom is -0.325 e. The summed E-state index contributed by atoms with van der Waals surface area (Å²) in [6.45, 7) is 8.06. The molecule has 0 saturated heterocycles. The van der Waals surface area contributed by atoms with Gasteiger partial charge in [-0.05, 0) is 40.4 Å². The van der Waals surface area contributed by atoms with Crippen LogP contribution in [-0.2, 0) is 4.79 Å². The summed E-state index contributed by atoms with van der Waals surface area (Å²) in [4.78, 5) is 11.9. The molecule has 0 aliphatic rings. The van der Waals surface area contributed by atoms with Crippen molar-refractivity contribution < 1.29 is 4.79 Å². The Kier molecular flexibility index (Phi) is 4.54. The number of hydrogen-bond acceptors (Lipinski definition) is 1. The molecule has 2 nitrogen and oxygen atoms in total. The van der Waals surface area contributed by atoms with Crippen LogP contribution in [0.25, 0.3) is 0 Å². The van der Waals surface area contributed by atoms with E-state index in [4.69, 9.17) is 0 Å². The third-order valence-electron chi connectivity index (χ3n) is 2.86. The van der Waals surface area contributed by atoms with Crippen molar-refractivity contribution in [1.29, 1.82) is 0 Å². The first-order valence-corrected chi connectivity index (χ1v) is 6.28. The third-order valence-corrected chi connectivity index (χ3v) is 3.92. The van der Waals surface area contributed by atoms with Gasteiger partial charge in [-0.3, -0.25) is 4.79 Å². The maximum Gasteiger partial charge on any atom is 0.227 e. The van der Waals surface area contributed by atoms with Crippen molar-refractivity contribution in [3.05, 3.63) is 28.2 Å². The Labute approximate surface area is 106 Å². The molecule has 0 spiro atoms. The van der Waals surface area contributed by atoms with Crippen molar-refractivity contribution in [2.45, 2.75) is 27.7 Å². The van der Waals surface area contributed by atoms with Gasteiger partial charge in [-0.2, -0.15) is 0 Å². The molecule has 1 aromatic carbocycles. The third kappa shape index (κ3) is 3.08. The topological polar surface area (TPSA) is 29.1 Å². The lowest BCUT2D eigenvalue weighted by Crippen LogP contribution is -2.24. The molecular formula is C13H18BrNO. The average molecular weight is 284 g/mol. The van der Waals surface area contributed by atoms with Crippen LogP contribution in [0.15, 0.2) is 22.7 Å². The molecule has 0 aliphatic heterocycles. The van der Waals surface area contributed by atoms with Gasteiger partial charge in [-0.15, -0.1) is 0 Å². The second-order valence-electron chi connectivity index (χ2n) is 4.46. The number of carbonyl (C=O) groups excluding carboxylic acids is 1. The fourth-order valence-corrected chi connectivity index (χ4v) is 1.66. The molecule has 1 unspecified atom stereocenters. The van der Waals surface area contributed by atoms with Gasteiger partial charge >= 0.3 is 0 Å². The lowest BCUT2D eigenvalue weighted by Gasteiger charge is -2.16. The molecule has 0 aromatic heterocycles. The Bertz CT molecular complexity index is 388. The molecule has 88 valence electrons. The van der Waals surface area contributed by atoms with E-state index in [1.54, 1.807) is 0 Å². The van der Waals surface area contributed by atoms with E-state index in [0.29, 0.717) is 5.92 Å². The number of carbonyl (C=O) groups is 1. The van der Waals surface area contributed by atoms with Crippen molar-refractivity contribution in [1.82, 2.24) is 0 Å². The van der Waals surface area contributed by atoms with Crippen LogP contribution >= 0.6 is 15.9 Å². The van der Waals surface area contributed by atoms with Gasteiger partial charge in [0, 0.05) is 10.4 Å². The first-order chi connectivity index (χ1) is 7.43. The predicted octanol–water partition coefficient (Wildman–Crippen LogP) is 3.99.